The highest BCUT2D eigenvalue weighted by molar-refractivity contribution is 6.31. The van der Waals surface area contributed by atoms with Gasteiger partial charge in [0.05, 0.1) is 16.4 Å². The van der Waals surface area contributed by atoms with E-state index in [4.69, 9.17) is 17.3 Å². The lowest BCUT2D eigenvalue weighted by molar-refractivity contribution is 0.203. The number of halogens is 1. The van der Waals surface area contributed by atoms with E-state index in [9.17, 15) is 0 Å². The highest BCUT2D eigenvalue weighted by atomic mass is 35.5. The van der Waals surface area contributed by atoms with Gasteiger partial charge in [0.25, 0.3) is 0 Å². The van der Waals surface area contributed by atoms with E-state index < -0.39 is 0 Å². The number of hydrogen-bond donors (Lipinski definition) is 2. The first-order valence-electron chi connectivity index (χ1n) is 5.34. The second-order valence-electron chi connectivity index (χ2n) is 4.22. The quantitative estimate of drug-likeness (QED) is 0.802. The lowest BCUT2D eigenvalue weighted by Gasteiger charge is -2.29. The molecule has 0 aliphatic carbocycles. The molecule has 0 amide bonds. The zero-order valence-corrected chi connectivity index (χ0v) is 9.72. The average molecular weight is 229 g/mol. The molecular weight excluding hydrogens is 212 g/mol. The molecule has 2 heterocycles. The molecule has 4 nitrogen and oxygen atoms in total. The lowest BCUT2D eigenvalue weighted by atomic mass is 10.1. The molecule has 2 rings (SSSR count). The van der Waals surface area contributed by atoms with Gasteiger partial charge < -0.3 is 5.73 Å². The Kier molecular flexibility index (Phi) is 3.29. The van der Waals surface area contributed by atoms with Gasteiger partial charge in [-0.15, -0.1) is 0 Å². The van der Waals surface area contributed by atoms with E-state index in [0.29, 0.717) is 6.04 Å². The number of rotatable bonds is 2. The summed E-state index contributed by atoms with van der Waals surface area (Å²) < 4.78 is 0. The number of piperidine rings is 1. The Balaban J connectivity index is 1.94. The van der Waals surface area contributed by atoms with Crippen molar-refractivity contribution in [2.45, 2.75) is 32.4 Å². The minimum Gasteiger partial charge on any atom is -0.328 e. The van der Waals surface area contributed by atoms with E-state index >= 15 is 0 Å². The van der Waals surface area contributed by atoms with Gasteiger partial charge in [0.2, 0.25) is 0 Å². The van der Waals surface area contributed by atoms with Crippen LogP contribution in [0.25, 0.3) is 0 Å². The SMILES string of the molecule is Cc1[nH]nc(CN2CCC(N)CC2)c1Cl. The molecule has 1 saturated heterocycles. The highest BCUT2D eigenvalue weighted by Crippen LogP contribution is 2.20. The largest absolute Gasteiger partial charge is 0.328 e. The Morgan fingerprint density at radius 2 is 2.20 bits per heavy atom. The van der Waals surface area contributed by atoms with Gasteiger partial charge in [-0.1, -0.05) is 11.6 Å². The van der Waals surface area contributed by atoms with Crippen LogP contribution in [0.15, 0.2) is 0 Å². The molecule has 3 N–H and O–H groups in total. The molecule has 1 aromatic heterocycles. The molecule has 0 unspecified atom stereocenters. The van der Waals surface area contributed by atoms with E-state index in [1.54, 1.807) is 0 Å². The van der Waals surface area contributed by atoms with E-state index in [-0.39, 0.29) is 0 Å². The maximum absolute atomic E-state index is 6.11. The average Bonchev–Trinajstić information content (AvgIpc) is 2.53. The molecule has 0 spiro atoms. The number of aromatic amines is 1. The van der Waals surface area contributed by atoms with Crippen LogP contribution in [-0.2, 0) is 6.54 Å². The zero-order valence-electron chi connectivity index (χ0n) is 8.96. The molecule has 15 heavy (non-hydrogen) atoms. The van der Waals surface area contributed by atoms with Crippen molar-refractivity contribution in [1.29, 1.82) is 0 Å². The summed E-state index contributed by atoms with van der Waals surface area (Å²) in [5, 5.41) is 7.87. The molecule has 0 aromatic carbocycles. The number of likely N-dealkylation sites (tertiary alicyclic amines) is 1. The van der Waals surface area contributed by atoms with E-state index in [0.717, 1.165) is 48.9 Å². The first-order valence-corrected chi connectivity index (χ1v) is 5.72. The van der Waals surface area contributed by atoms with Gasteiger partial charge in [-0.2, -0.15) is 5.10 Å². The third kappa shape index (κ3) is 2.51. The summed E-state index contributed by atoms with van der Waals surface area (Å²) in [6.07, 6.45) is 2.14. The predicted octanol–water partition coefficient (Wildman–Crippen LogP) is 1.29. The second kappa shape index (κ2) is 4.51. The molecule has 1 fully saturated rings. The Bertz CT molecular complexity index is 328. The van der Waals surface area contributed by atoms with Crippen molar-refractivity contribution in [3.05, 3.63) is 16.4 Å². The predicted molar refractivity (Wildman–Crippen MR) is 60.8 cm³/mol. The van der Waals surface area contributed by atoms with Crippen molar-refractivity contribution in [3.8, 4) is 0 Å². The fourth-order valence-electron chi connectivity index (χ4n) is 1.89. The van der Waals surface area contributed by atoms with E-state index in [1.165, 1.54) is 0 Å². The third-order valence-corrected chi connectivity index (χ3v) is 3.45. The summed E-state index contributed by atoms with van der Waals surface area (Å²) in [7, 11) is 0. The number of aryl methyl sites for hydroxylation is 1. The summed E-state index contributed by atoms with van der Waals surface area (Å²) in [5.41, 5.74) is 7.74. The van der Waals surface area contributed by atoms with E-state index in [2.05, 4.69) is 15.1 Å². The van der Waals surface area contributed by atoms with E-state index in [1.807, 2.05) is 6.92 Å². The molecule has 0 saturated carbocycles. The van der Waals surface area contributed by atoms with Crippen molar-refractivity contribution >= 4 is 11.6 Å². The van der Waals surface area contributed by atoms with Crippen LogP contribution < -0.4 is 5.73 Å². The molecule has 0 bridgehead atoms. The second-order valence-corrected chi connectivity index (χ2v) is 4.60. The van der Waals surface area contributed by atoms with Crippen LogP contribution in [0, 0.1) is 6.92 Å². The molecular formula is C10H17ClN4. The Hall–Kier alpha value is -0.580. The van der Waals surface area contributed by atoms with Gasteiger partial charge in [-0.25, -0.2) is 0 Å². The molecule has 0 atom stereocenters. The van der Waals surface area contributed by atoms with Gasteiger partial charge in [-0.3, -0.25) is 10.00 Å². The minimum absolute atomic E-state index is 0.373. The normalized spacial score (nSPS) is 19.7. The standard InChI is InChI=1S/C10H17ClN4/c1-7-10(11)9(14-13-7)6-15-4-2-8(12)3-5-15/h8H,2-6,12H2,1H3,(H,13,14). The Morgan fingerprint density at radius 3 is 2.73 bits per heavy atom. The maximum Gasteiger partial charge on any atom is 0.0951 e. The Labute approximate surface area is 94.8 Å². The van der Waals surface area contributed by atoms with Gasteiger partial charge in [0.15, 0.2) is 0 Å². The highest BCUT2D eigenvalue weighted by Gasteiger charge is 2.18. The van der Waals surface area contributed by atoms with Crippen LogP contribution in [0.5, 0.6) is 0 Å². The number of nitrogens with zero attached hydrogens (tertiary/aromatic N) is 2. The smallest absolute Gasteiger partial charge is 0.0951 e. The molecule has 84 valence electrons. The summed E-state index contributed by atoms with van der Waals surface area (Å²) in [6.45, 7) is 4.85. The maximum atomic E-state index is 6.11. The van der Waals surface area contributed by atoms with Crippen LogP contribution in [-0.4, -0.2) is 34.2 Å². The summed E-state index contributed by atoms with van der Waals surface area (Å²) in [6, 6.07) is 0.373. The number of H-pyrrole nitrogens is 1. The van der Waals surface area contributed by atoms with Gasteiger partial charge in [-0.05, 0) is 19.8 Å². The third-order valence-electron chi connectivity index (χ3n) is 2.95. The van der Waals surface area contributed by atoms with Gasteiger partial charge in [0, 0.05) is 25.7 Å². The topological polar surface area (TPSA) is 57.9 Å². The van der Waals surface area contributed by atoms with Crippen LogP contribution in [0.4, 0.5) is 0 Å². The molecule has 0 radical (unpaired) electrons. The first kappa shape index (κ1) is 10.9. The van der Waals surface area contributed by atoms with Crippen molar-refractivity contribution in [2.24, 2.45) is 5.73 Å². The number of nitrogens with two attached hydrogens (primary N) is 1. The summed E-state index contributed by atoms with van der Waals surface area (Å²) >= 11 is 6.11. The summed E-state index contributed by atoms with van der Waals surface area (Å²) in [5.74, 6) is 0. The minimum atomic E-state index is 0.373. The fourth-order valence-corrected chi connectivity index (χ4v) is 2.04. The first-order chi connectivity index (χ1) is 7.16. The molecule has 1 aliphatic rings. The van der Waals surface area contributed by atoms with Crippen molar-refractivity contribution in [1.82, 2.24) is 15.1 Å². The van der Waals surface area contributed by atoms with Gasteiger partial charge >= 0.3 is 0 Å². The van der Waals surface area contributed by atoms with Crippen LogP contribution in [0.3, 0.4) is 0 Å². The monoisotopic (exact) mass is 228 g/mol. The van der Waals surface area contributed by atoms with Crippen LogP contribution in [0.1, 0.15) is 24.2 Å². The molecule has 1 aliphatic heterocycles. The van der Waals surface area contributed by atoms with Gasteiger partial charge in [0.1, 0.15) is 0 Å². The number of hydrogen-bond acceptors (Lipinski definition) is 3. The Morgan fingerprint density at radius 1 is 1.53 bits per heavy atom. The number of aromatic nitrogens is 2. The number of nitrogens with one attached hydrogen (secondary N) is 1. The zero-order chi connectivity index (χ0) is 10.8. The molecule has 1 aromatic rings. The van der Waals surface area contributed by atoms with Crippen molar-refractivity contribution in [3.63, 3.8) is 0 Å². The van der Waals surface area contributed by atoms with Crippen molar-refractivity contribution in [2.75, 3.05) is 13.1 Å². The van der Waals surface area contributed by atoms with Crippen LogP contribution >= 0.6 is 11.6 Å². The summed E-state index contributed by atoms with van der Waals surface area (Å²) in [4.78, 5) is 2.35. The van der Waals surface area contributed by atoms with Crippen LogP contribution in [0.2, 0.25) is 5.02 Å². The molecule has 5 heteroatoms. The van der Waals surface area contributed by atoms with Crippen molar-refractivity contribution < 1.29 is 0 Å². The fraction of sp³-hybridized carbons (Fsp3) is 0.700. The lowest BCUT2D eigenvalue weighted by Crippen LogP contribution is -2.39.